The third-order valence-corrected chi connectivity index (χ3v) is 2.59. The number of esters is 1. The Hall–Kier alpha value is -1.06. The maximum absolute atomic E-state index is 11.6. The van der Waals surface area contributed by atoms with E-state index in [0.717, 1.165) is 13.0 Å². The van der Waals surface area contributed by atoms with Gasteiger partial charge in [0.2, 0.25) is 5.91 Å². The highest BCUT2D eigenvalue weighted by Crippen LogP contribution is 2.24. The van der Waals surface area contributed by atoms with Gasteiger partial charge in [0.25, 0.3) is 0 Å². The molecule has 0 radical (unpaired) electrons. The van der Waals surface area contributed by atoms with Crippen molar-refractivity contribution in [1.29, 1.82) is 0 Å². The second kappa shape index (κ2) is 3.77. The standard InChI is InChI=1S/C9H15NO3/c1-6-4-5-10(2)8(11)7(6)9(12)13-3/h6-7H,4-5H2,1-3H3/t6-,7?/m1/s1. The summed E-state index contributed by atoms with van der Waals surface area (Å²) in [4.78, 5) is 24.4. The lowest BCUT2D eigenvalue weighted by atomic mass is 9.86. The SMILES string of the molecule is COC(=O)C1C(=O)N(C)CC[C@H]1C. The Labute approximate surface area is 77.8 Å². The van der Waals surface area contributed by atoms with Crippen LogP contribution in [0.15, 0.2) is 0 Å². The number of hydrogen-bond acceptors (Lipinski definition) is 3. The van der Waals surface area contributed by atoms with Gasteiger partial charge in [0.15, 0.2) is 0 Å². The van der Waals surface area contributed by atoms with Gasteiger partial charge in [-0.25, -0.2) is 0 Å². The summed E-state index contributed by atoms with van der Waals surface area (Å²) < 4.78 is 4.59. The van der Waals surface area contributed by atoms with Crippen molar-refractivity contribution in [3.63, 3.8) is 0 Å². The van der Waals surface area contributed by atoms with Crippen molar-refractivity contribution >= 4 is 11.9 Å². The van der Waals surface area contributed by atoms with Gasteiger partial charge in [0.1, 0.15) is 5.92 Å². The molecule has 13 heavy (non-hydrogen) atoms. The zero-order chi connectivity index (χ0) is 10.0. The van der Waals surface area contributed by atoms with Crippen LogP contribution in [0.5, 0.6) is 0 Å². The van der Waals surface area contributed by atoms with Gasteiger partial charge in [-0.05, 0) is 12.3 Å². The molecule has 0 aromatic carbocycles. The fourth-order valence-electron chi connectivity index (χ4n) is 1.62. The molecule has 1 saturated heterocycles. The summed E-state index contributed by atoms with van der Waals surface area (Å²) in [6, 6.07) is 0. The van der Waals surface area contributed by atoms with E-state index in [9.17, 15) is 9.59 Å². The number of carbonyl (C=O) groups is 2. The van der Waals surface area contributed by atoms with Crippen LogP contribution in [0.2, 0.25) is 0 Å². The minimum Gasteiger partial charge on any atom is -0.468 e. The fourth-order valence-corrected chi connectivity index (χ4v) is 1.62. The van der Waals surface area contributed by atoms with Crippen LogP contribution in [0, 0.1) is 11.8 Å². The van der Waals surface area contributed by atoms with Crippen LogP contribution < -0.4 is 0 Å². The third kappa shape index (κ3) is 1.82. The summed E-state index contributed by atoms with van der Waals surface area (Å²) in [6.45, 7) is 2.64. The number of amides is 1. The van der Waals surface area contributed by atoms with E-state index < -0.39 is 11.9 Å². The summed E-state index contributed by atoms with van der Waals surface area (Å²) in [5, 5.41) is 0. The van der Waals surface area contributed by atoms with Crippen molar-refractivity contribution in [1.82, 2.24) is 4.90 Å². The molecule has 0 aromatic heterocycles. The van der Waals surface area contributed by atoms with Gasteiger partial charge in [-0.3, -0.25) is 9.59 Å². The normalized spacial score (nSPS) is 28.8. The molecular formula is C9H15NO3. The predicted molar refractivity (Wildman–Crippen MR) is 46.9 cm³/mol. The smallest absolute Gasteiger partial charge is 0.318 e. The lowest BCUT2D eigenvalue weighted by molar-refractivity contribution is -0.158. The van der Waals surface area contributed by atoms with E-state index in [1.54, 1.807) is 11.9 Å². The lowest BCUT2D eigenvalue weighted by Gasteiger charge is -2.32. The number of rotatable bonds is 1. The van der Waals surface area contributed by atoms with E-state index >= 15 is 0 Å². The van der Waals surface area contributed by atoms with Gasteiger partial charge in [0.05, 0.1) is 7.11 Å². The molecule has 1 aliphatic heterocycles. The summed E-state index contributed by atoms with van der Waals surface area (Å²) in [6.07, 6.45) is 0.863. The molecule has 4 heteroatoms. The minimum atomic E-state index is -0.594. The first kappa shape index (κ1) is 10.0. The molecule has 0 aromatic rings. The summed E-state index contributed by atoms with van der Waals surface area (Å²) in [7, 11) is 3.03. The molecule has 1 heterocycles. The highest BCUT2D eigenvalue weighted by Gasteiger charge is 2.38. The Morgan fingerprint density at radius 3 is 2.77 bits per heavy atom. The van der Waals surface area contributed by atoms with Crippen LogP contribution in [-0.4, -0.2) is 37.5 Å². The molecule has 74 valence electrons. The van der Waals surface area contributed by atoms with Crippen molar-refractivity contribution < 1.29 is 14.3 Å². The summed E-state index contributed by atoms with van der Waals surface area (Å²) in [5.74, 6) is -1.03. The van der Waals surface area contributed by atoms with Crippen LogP contribution >= 0.6 is 0 Å². The zero-order valence-corrected chi connectivity index (χ0v) is 8.24. The van der Waals surface area contributed by atoms with Crippen molar-refractivity contribution in [3.05, 3.63) is 0 Å². The monoisotopic (exact) mass is 185 g/mol. The summed E-state index contributed by atoms with van der Waals surface area (Å²) in [5.41, 5.74) is 0. The van der Waals surface area contributed by atoms with Crippen LogP contribution in [0.4, 0.5) is 0 Å². The highest BCUT2D eigenvalue weighted by molar-refractivity contribution is 5.98. The average Bonchev–Trinajstić information content (AvgIpc) is 2.12. The molecule has 1 aliphatic rings. The van der Waals surface area contributed by atoms with Crippen molar-refractivity contribution in [2.24, 2.45) is 11.8 Å². The van der Waals surface area contributed by atoms with Crippen LogP contribution in [0.25, 0.3) is 0 Å². The average molecular weight is 185 g/mol. The fraction of sp³-hybridized carbons (Fsp3) is 0.778. The van der Waals surface area contributed by atoms with Gasteiger partial charge in [0, 0.05) is 13.6 Å². The third-order valence-electron chi connectivity index (χ3n) is 2.59. The quantitative estimate of drug-likeness (QED) is 0.435. The van der Waals surface area contributed by atoms with E-state index in [1.165, 1.54) is 7.11 Å². The molecule has 0 aliphatic carbocycles. The van der Waals surface area contributed by atoms with Crippen LogP contribution in [-0.2, 0) is 14.3 Å². The maximum Gasteiger partial charge on any atom is 0.318 e. The van der Waals surface area contributed by atoms with E-state index in [1.807, 2.05) is 6.92 Å². The Morgan fingerprint density at radius 2 is 2.23 bits per heavy atom. The lowest BCUT2D eigenvalue weighted by Crippen LogP contribution is -2.46. The Morgan fingerprint density at radius 1 is 1.62 bits per heavy atom. The number of methoxy groups -OCH3 is 1. The van der Waals surface area contributed by atoms with E-state index in [2.05, 4.69) is 4.74 Å². The molecule has 1 fully saturated rings. The highest BCUT2D eigenvalue weighted by atomic mass is 16.5. The van der Waals surface area contributed by atoms with Gasteiger partial charge >= 0.3 is 5.97 Å². The largest absolute Gasteiger partial charge is 0.468 e. The van der Waals surface area contributed by atoms with Gasteiger partial charge in [-0.15, -0.1) is 0 Å². The number of carbonyl (C=O) groups excluding carboxylic acids is 2. The van der Waals surface area contributed by atoms with Crippen LogP contribution in [0.3, 0.4) is 0 Å². The molecule has 1 unspecified atom stereocenters. The molecule has 4 nitrogen and oxygen atoms in total. The van der Waals surface area contributed by atoms with Crippen molar-refractivity contribution in [2.45, 2.75) is 13.3 Å². The van der Waals surface area contributed by atoms with E-state index in [-0.39, 0.29) is 11.8 Å². The van der Waals surface area contributed by atoms with Gasteiger partial charge < -0.3 is 9.64 Å². The van der Waals surface area contributed by atoms with Gasteiger partial charge in [-0.2, -0.15) is 0 Å². The first-order chi connectivity index (χ1) is 6.07. The van der Waals surface area contributed by atoms with E-state index in [0.29, 0.717) is 0 Å². The Kier molecular flexibility index (Phi) is 2.90. The molecule has 0 N–H and O–H groups in total. The van der Waals surface area contributed by atoms with Gasteiger partial charge in [-0.1, -0.05) is 6.92 Å². The van der Waals surface area contributed by atoms with Crippen molar-refractivity contribution in [2.75, 3.05) is 20.7 Å². The summed E-state index contributed by atoms with van der Waals surface area (Å²) >= 11 is 0. The molecule has 2 atom stereocenters. The van der Waals surface area contributed by atoms with Crippen LogP contribution in [0.1, 0.15) is 13.3 Å². The zero-order valence-electron chi connectivity index (χ0n) is 8.24. The molecule has 0 spiro atoms. The molecular weight excluding hydrogens is 170 g/mol. The second-order valence-corrected chi connectivity index (χ2v) is 3.53. The minimum absolute atomic E-state index is 0.0937. The molecule has 1 amide bonds. The number of nitrogens with zero attached hydrogens (tertiary/aromatic N) is 1. The number of ether oxygens (including phenoxy) is 1. The number of likely N-dealkylation sites (tertiary alicyclic amines) is 1. The van der Waals surface area contributed by atoms with E-state index in [4.69, 9.17) is 0 Å². The molecule has 0 bridgehead atoms. The topological polar surface area (TPSA) is 46.6 Å². The predicted octanol–water partition coefficient (Wildman–Crippen LogP) is 0.274. The first-order valence-corrected chi connectivity index (χ1v) is 4.40. The first-order valence-electron chi connectivity index (χ1n) is 4.40. The van der Waals surface area contributed by atoms with Crippen molar-refractivity contribution in [3.8, 4) is 0 Å². The number of piperidine rings is 1. The maximum atomic E-state index is 11.6. The molecule has 0 saturated carbocycles. The molecule has 1 rings (SSSR count). The Bertz CT molecular complexity index is 227. The second-order valence-electron chi connectivity index (χ2n) is 3.53. The Balaban J connectivity index is 2.78. The number of hydrogen-bond donors (Lipinski definition) is 0.